The highest BCUT2D eigenvalue weighted by molar-refractivity contribution is 6.74. The van der Waals surface area contributed by atoms with Gasteiger partial charge in [-0.25, -0.2) is 0 Å². The van der Waals surface area contributed by atoms with Crippen molar-refractivity contribution in [2.75, 3.05) is 25.6 Å². The van der Waals surface area contributed by atoms with Gasteiger partial charge in [-0.15, -0.1) is 0 Å². The third-order valence-corrected chi connectivity index (χ3v) is 8.68. The summed E-state index contributed by atoms with van der Waals surface area (Å²) >= 11 is 0. The van der Waals surface area contributed by atoms with Gasteiger partial charge in [0.15, 0.2) is 8.32 Å². The summed E-state index contributed by atoms with van der Waals surface area (Å²) in [6, 6.07) is 2.87. The zero-order valence-corrected chi connectivity index (χ0v) is 15.8. The zero-order valence-electron chi connectivity index (χ0n) is 14.8. The van der Waals surface area contributed by atoms with E-state index in [0.29, 0.717) is 19.0 Å². The van der Waals surface area contributed by atoms with E-state index in [1.54, 1.807) is 0 Å². The van der Waals surface area contributed by atoms with E-state index in [0.717, 1.165) is 6.42 Å². The molecular formula is C15H27N3O4Si. The zero-order chi connectivity index (χ0) is 17.7. The van der Waals surface area contributed by atoms with Gasteiger partial charge in [-0.3, -0.25) is 10.1 Å². The number of nitrogens with one attached hydrogen (secondary N) is 1. The van der Waals surface area contributed by atoms with Crippen LogP contribution in [-0.2, 0) is 4.43 Å². The lowest BCUT2D eigenvalue weighted by molar-refractivity contribution is -0.384. The molecule has 1 aromatic rings. The van der Waals surface area contributed by atoms with Crippen molar-refractivity contribution < 1.29 is 14.1 Å². The van der Waals surface area contributed by atoms with Crippen molar-refractivity contribution in [2.45, 2.75) is 45.3 Å². The average molecular weight is 341 g/mol. The van der Waals surface area contributed by atoms with Crippen molar-refractivity contribution in [1.82, 2.24) is 4.98 Å². The minimum absolute atomic E-state index is 0.0592. The van der Waals surface area contributed by atoms with Crippen molar-refractivity contribution in [1.29, 1.82) is 0 Å². The normalized spacial score (nSPS) is 12.1. The monoisotopic (exact) mass is 341 g/mol. The summed E-state index contributed by atoms with van der Waals surface area (Å²) in [4.78, 5) is 14.7. The van der Waals surface area contributed by atoms with E-state index >= 15 is 0 Å². The molecule has 8 heteroatoms. The summed E-state index contributed by atoms with van der Waals surface area (Å²) in [5.74, 6) is 0.567. The maximum Gasteiger partial charge on any atom is 0.311 e. The van der Waals surface area contributed by atoms with Crippen LogP contribution in [0, 0.1) is 10.1 Å². The molecule has 0 unspecified atom stereocenters. The van der Waals surface area contributed by atoms with Gasteiger partial charge >= 0.3 is 5.69 Å². The molecule has 1 rings (SSSR count). The molecule has 1 aromatic heterocycles. The van der Waals surface area contributed by atoms with E-state index in [9.17, 15) is 10.1 Å². The molecule has 1 heterocycles. The first-order valence-electron chi connectivity index (χ1n) is 7.66. The van der Waals surface area contributed by atoms with Gasteiger partial charge in [0.2, 0.25) is 11.7 Å². The molecule has 7 nitrogen and oxygen atoms in total. The van der Waals surface area contributed by atoms with Crippen LogP contribution < -0.4 is 10.1 Å². The van der Waals surface area contributed by atoms with E-state index in [1.807, 2.05) is 0 Å². The maximum absolute atomic E-state index is 11.0. The van der Waals surface area contributed by atoms with Crippen LogP contribution in [0.2, 0.25) is 18.1 Å². The second kappa shape index (κ2) is 7.74. The lowest BCUT2D eigenvalue weighted by Crippen LogP contribution is -2.41. The number of methoxy groups -OCH3 is 1. The Morgan fingerprint density at radius 2 is 2.00 bits per heavy atom. The highest BCUT2D eigenvalue weighted by Gasteiger charge is 2.36. The Labute approximate surface area is 138 Å². The molecule has 0 aliphatic heterocycles. The highest BCUT2D eigenvalue weighted by atomic mass is 28.4. The van der Waals surface area contributed by atoms with Gasteiger partial charge in [0.25, 0.3) is 0 Å². The average Bonchev–Trinajstić information content (AvgIpc) is 2.45. The van der Waals surface area contributed by atoms with E-state index < -0.39 is 13.2 Å². The predicted molar refractivity (Wildman–Crippen MR) is 93.7 cm³/mol. The fraction of sp³-hybridized carbons (Fsp3) is 0.667. The fourth-order valence-corrected chi connectivity index (χ4v) is 2.74. The number of hydrogen-bond acceptors (Lipinski definition) is 6. The Morgan fingerprint density at radius 3 is 2.52 bits per heavy atom. The van der Waals surface area contributed by atoms with Crippen LogP contribution in [0.15, 0.2) is 12.1 Å². The smallest absolute Gasteiger partial charge is 0.311 e. The molecule has 0 aliphatic carbocycles. The molecule has 0 radical (unpaired) electrons. The lowest BCUT2D eigenvalue weighted by atomic mass is 10.2. The summed E-state index contributed by atoms with van der Waals surface area (Å²) in [5, 5.41) is 14.2. The van der Waals surface area contributed by atoms with Crippen LogP contribution in [0.4, 0.5) is 11.5 Å². The van der Waals surface area contributed by atoms with E-state index in [-0.39, 0.29) is 16.5 Å². The van der Waals surface area contributed by atoms with Crippen LogP contribution in [0.1, 0.15) is 27.2 Å². The minimum atomic E-state index is -1.75. The molecule has 1 N–H and O–H groups in total. The van der Waals surface area contributed by atoms with Crippen molar-refractivity contribution >= 4 is 19.8 Å². The van der Waals surface area contributed by atoms with E-state index in [2.05, 4.69) is 44.2 Å². The minimum Gasteiger partial charge on any atom is -0.481 e. The molecular weight excluding hydrogens is 314 g/mol. The molecule has 0 aliphatic rings. The fourth-order valence-electron chi connectivity index (χ4n) is 1.65. The van der Waals surface area contributed by atoms with Crippen LogP contribution >= 0.6 is 0 Å². The van der Waals surface area contributed by atoms with Crippen LogP contribution in [0.5, 0.6) is 5.88 Å². The molecule has 130 valence electrons. The number of nitro groups is 1. The SMILES string of the molecule is COc1ccc([N+](=O)[O-])c(NCCCO[Si](C)(C)C(C)(C)C)n1. The van der Waals surface area contributed by atoms with Crippen molar-refractivity contribution in [3.8, 4) is 5.88 Å². The molecule has 0 amide bonds. The van der Waals surface area contributed by atoms with Crippen LogP contribution in [0.3, 0.4) is 0 Å². The third kappa shape index (κ3) is 5.47. The standard InChI is InChI=1S/C15H27N3O4Si/c1-15(2,3)23(5,6)22-11-7-10-16-14-12(18(19)20)8-9-13(17-14)21-4/h8-9H,7,10-11H2,1-6H3,(H,16,17). The van der Waals surface area contributed by atoms with Crippen molar-refractivity contribution in [3.63, 3.8) is 0 Å². The molecule has 0 bridgehead atoms. The van der Waals surface area contributed by atoms with Gasteiger partial charge in [-0.1, -0.05) is 20.8 Å². The first kappa shape index (κ1) is 19.4. The summed E-state index contributed by atoms with van der Waals surface area (Å²) in [7, 11) is -0.272. The predicted octanol–water partition coefficient (Wildman–Crippen LogP) is 3.82. The summed E-state index contributed by atoms with van der Waals surface area (Å²) in [6.07, 6.45) is 0.753. The number of hydrogen-bond donors (Lipinski definition) is 1. The number of pyridine rings is 1. The Hall–Kier alpha value is -1.67. The first-order chi connectivity index (χ1) is 10.6. The number of aromatic nitrogens is 1. The Bertz CT molecular complexity index is 544. The van der Waals surface area contributed by atoms with E-state index in [4.69, 9.17) is 9.16 Å². The van der Waals surface area contributed by atoms with Gasteiger partial charge < -0.3 is 14.5 Å². The van der Waals surface area contributed by atoms with Gasteiger partial charge in [0.05, 0.1) is 12.0 Å². The number of anilines is 1. The van der Waals surface area contributed by atoms with Gasteiger partial charge in [-0.2, -0.15) is 4.98 Å². The van der Waals surface area contributed by atoms with Gasteiger partial charge in [0.1, 0.15) is 0 Å². The van der Waals surface area contributed by atoms with Gasteiger partial charge in [-0.05, 0) is 24.6 Å². The lowest BCUT2D eigenvalue weighted by Gasteiger charge is -2.36. The van der Waals surface area contributed by atoms with Crippen molar-refractivity contribution in [3.05, 3.63) is 22.2 Å². The van der Waals surface area contributed by atoms with Crippen LogP contribution in [0.25, 0.3) is 0 Å². The molecule has 0 atom stereocenters. The first-order valence-corrected chi connectivity index (χ1v) is 10.6. The summed E-state index contributed by atoms with van der Waals surface area (Å²) < 4.78 is 11.1. The molecule has 0 saturated carbocycles. The molecule has 0 spiro atoms. The van der Waals surface area contributed by atoms with E-state index in [1.165, 1.54) is 19.2 Å². The quantitative estimate of drug-likeness (QED) is 0.335. The summed E-state index contributed by atoms with van der Waals surface area (Å²) in [6.45, 7) is 12.2. The van der Waals surface area contributed by atoms with Gasteiger partial charge in [0, 0.05) is 25.3 Å². The molecule has 0 saturated heterocycles. The Balaban J connectivity index is 2.55. The molecule has 23 heavy (non-hydrogen) atoms. The number of rotatable bonds is 8. The topological polar surface area (TPSA) is 86.5 Å². The summed E-state index contributed by atoms with van der Waals surface area (Å²) in [5.41, 5.74) is -0.0592. The second-order valence-corrected chi connectivity index (χ2v) is 11.7. The molecule has 0 fully saturated rings. The third-order valence-electron chi connectivity index (χ3n) is 4.14. The second-order valence-electron chi connectivity index (χ2n) is 6.87. The Kier molecular flexibility index (Phi) is 6.52. The number of ether oxygens (including phenoxy) is 1. The van der Waals surface area contributed by atoms with Crippen molar-refractivity contribution in [2.24, 2.45) is 0 Å². The maximum atomic E-state index is 11.0. The van der Waals surface area contributed by atoms with Crippen LogP contribution in [-0.4, -0.2) is 38.5 Å². The highest BCUT2D eigenvalue weighted by Crippen LogP contribution is 2.36. The largest absolute Gasteiger partial charge is 0.481 e. The Morgan fingerprint density at radius 1 is 1.35 bits per heavy atom. The number of nitrogens with zero attached hydrogens (tertiary/aromatic N) is 2. The molecule has 0 aromatic carbocycles.